The van der Waals surface area contributed by atoms with Gasteiger partial charge in [0.25, 0.3) is 11.5 Å². The summed E-state index contributed by atoms with van der Waals surface area (Å²) in [6, 6.07) is 13.0. The molecular formula is C20H12Cl2N4O2S. The van der Waals surface area contributed by atoms with Crippen LogP contribution < -0.4 is 10.9 Å². The Morgan fingerprint density at radius 1 is 1.07 bits per heavy atom. The number of nitrogens with one attached hydrogen (secondary N) is 1. The Morgan fingerprint density at radius 2 is 1.86 bits per heavy atom. The number of nitrogens with zero attached hydrogens (tertiary/aromatic N) is 3. The summed E-state index contributed by atoms with van der Waals surface area (Å²) < 4.78 is 1.38. The van der Waals surface area contributed by atoms with Crippen molar-refractivity contribution in [2.24, 2.45) is 0 Å². The monoisotopic (exact) mass is 442 g/mol. The second kappa shape index (κ2) is 8.16. The lowest BCUT2D eigenvalue weighted by Crippen LogP contribution is -2.20. The number of carbonyl (C=O) groups excluding carboxylic acids is 1. The molecule has 1 amide bonds. The van der Waals surface area contributed by atoms with Gasteiger partial charge < -0.3 is 0 Å². The van der Waals surface area contributed by atoms with Crippen LogP contribution in [-0.2, 0) is 0 Å². The van der Waals surface area contributed by atoms with E-state index in [9.17, 15) is 9.59 Å². The molecule has 0 aliphatic rings. The van der Waals surface area contributed by atoms with Gasteiger partial charge in [0.2, 0.25) is 0 Å². The highest BCUT2D eigenvalue weighted by Gasteiger charge is 2.13. The first kappa shape index (κ1) is 19.3. The normalized spacial score (nSPS) is 10.7. The highest BCUT2D eigenvalue weighted by Crippen LogP contribution is 2.28. The van der Waals surface area contributed by atoms with Crippen LogP contribution in [0.1, 0.15) is 10.4 Å². The molecule has 9 heteroatoms. The summed E-state index contributed by atoms with van der Waals surface area (Å²) in [6.07, 6.45) is 3.10. The molecule has 0 aliphatic heterocycles. The van der Waals surface area contributed by atoms with Gasteiger partial charge in [-0.05, 0) is 42.5 Å². The fourth-order valence-electron chi connectivity index (χ4n) is 2.61. The number of anilines is 1. The van der Waals surface area contributed by atoms with Crippen LogP contribution >= 0.6 is 34.5 Å². The molecule has 1 N–H and O–H groups in total. The van der Waals surface area contributed by atoms with Crippen molar-refractivity contribution in [1.82, 2.24) is 14.5 Å². The summed E-state index contributed by atoms with van der Waals surface area (Å²) in [5, 5.41) is 5.93. The average molecular weight is 443 g/mol. The van der Waals surface area contributed by atoms with Crippen molar-refractivity contribution in [2.45, 2.75) is 0 Å². The first-order chi connectivity index (χ1) is 14.0. The van der Waals surface area contributed by atoms with E-state index in [1.165, 1.54) is 34.2 Å². The molecule has 0 aliphatic carbocycles. The van der Waals surface area contributed by atoms with Crippen molar-refractivity contribution in [3.8, 4) is 17.1 Å². The third kappa shape index (κ3) is 4.22. The summed E-state index contributed by atoms with van der Waals surface area (Å²) in [6.45, 7) is 0. The van der Waals surface area contributed by atoms with Crippen LogP contribution in [0.5, 0.6) is 0 Å². The van der Waals surface area contributed by atoms with E-state index < -0.39 is 0 Å². The standard InChI is InChI=1S/C20H12Cl2N4O2S/c21-13-4-6-14(7-5-13)26-10-12(3-8-17(26)27)19(28)25-20-24-16(11-29-20)18-15(22)2-1-9-23-18/h1-11H,(H,24,25,28). The van der Waals surface area contributed by atoms with Crippen LogP contribution in [0, 0.1) is 0 Å². The largest absolute Gasteiger partial charge is 0.298 e. The van der Waals surface area contributed by atoms with Crippen LogP contribution in [0.25, 0.3) is 17.1 Å². The van der Waals surface area contributed by atoms with Gasteiger partial charge in [0.15, 0.2) is 5.13 Å². The van der Waals surface area contributed by atoms with Gasteiger partial charge in [-0.2, -0.15) is 0 Å². The molecule has 0 spiro atoms. The minimum absolute atomic E-state index is 0.259. The first-order valence-electron chi connectivity index (χ1n) is 8.38. The van der Waals surface area contributed by atoms with E-state index in [1.54, 1.807) is 48.0 Å². The Labute approximate surface area is 179 Å². The van der Waals surface area contributed by atoms with E-state index in [1.807, 2.05) is 0 Å². The number of hydrogen-bond acceptors (Lipinski definition) is 5. The minimum Gasteiger partial charge on any atom is -0.298 e. The van der Waals surface area contributed by atoms with Crippen molar-refractivity contribution in [3.05, 3.63) is 92.3 Å². The Morgan fingerprint density at radius 3 is 2.62 bits per heavy atom. The van der Waals surface area contributed by atoms with E-state index in [2.05, 4.69) is 15.3 Å². The molecule has 3 aromatic heterocycles. The maximum absolute atomic E-state index is 12.7. The Kier molecular flexibility index (Phi) is 5.44. The number of benzene rings is 1. The van der Waals surface area contributed by atoms with Gasteiger partial charge in [-0.3, -0.25) is 24.5 Å². The minimum atomic E-state index is -0.388. The van der Waals surface area contributed by atoms with Crippen molar-refractivity contribution in [1.29, 1.82) is 0 Å². The summed E-state index contributed by atoms with van der Waals surface area (Å²) in [5.74, 6) is -0.388. The Hall–Kier alpha value is -3.00. The number of pyridine rings is 2. The number of halogens is 2. The first-order valence-corrected chi connectivity index (χ1v) is 10.0. The third-order valence-electron chi connectivity index (χ3n) is 4.00. The smallest absolute Gasteiger partial charge is 0.258 e. The van der Waals surface area contributed by atoms with Crippen molar-refractivity contribution in [3.63, 3.8) is 0 Å². The van der Waals surface area contributed by atoms with Crippen LogP contribution in [0.15, 0.2) is 71.1 Å². The Bertz CT molecular complexity index is 1250. The predicted molar refractivity (Wildman–Crippen MR) is 115 cm³/mol. The lowest BCUT2D eigenvalue weighted by Gasteiger charge is -2.08. The van der Waals surface area contributed by atoms with Crippen LogP contribution in [0.3, 0.4) is 0 Å². The topological polar surface area (TPSA) is 76.9 Å². The number of carbonyl (C=O) groups is 1. The molecule has 0 unspecified atom stereocenters. The molecule has 0 radical (unpaired) electrons. The molecule has 1 aromatic carbocycles. The third-order valence-corrected chi connectivity index (χ3v) is 5.32. The van der Waals surface area contributed by atoms with Crippen LogP contribution in [0.4, 0.5) is 5.13 Å². The molecular weight excluding hydrogens is 431 g/mol. The van der Waals surface area contributed by atoms with Gasteiger partial charge in [-0.1, -0.05) is 23.2 Å². The predicted octanol–water partition coefficient (Wildman–Crippen LogP) is 4.92. The highest BCUT2D eigenvalue weighted by molar-refractivity contribution is 7.14. The molecule has 0 bridgehead atoms. The Balaban J connectivity index is 1.58. The molecule has 0 saturated carbocycles. The molecule has 0 fully saturated rings. The molecule has 6 nitrogen and oxygen atoms in total. The lowest BCUT2D eigenvalue weighted by molar-refractivity contribution is 0.102. The van der Waals surface area contributed by atoms with E-state index in [-0.39, 0.29) is 11.5 Å². The number of aromatic nitrogens is 3. The van der Waals surface area contributed by atoms with Gasteiger partial charge in [-0.15, -0.1) is 11.3 Å². The maximum atomic E-state index is 12.7. The van der Waals surface area contributed by atoms with Gasteiger partial charge in [0.05, 0.1) is 10.6 Å². The fraction of sp³-hybridized carbons (Fsp3) is 0. The summed E-state index contributed by atoms with van der Waals surface area (Å²) in [4.78, 5) is 33.4. The lowest BCUT2D eigenvalue weighted by atomic mass is 10.2. The number of rotatable bonds is 4. The maximum Gasteiger partial charge on any atom is 0.258 e. The SMILES string of the molecule is O=C(Nc1nc(-c2ncccc2Cl)cs1)c1ccc(=O)n(-c2ccc(Cl)cc2)c1. The van der Waals surface area contributed by atoms with Gasteiger partial charge >= 0.3 is 0 Å². The van der Waals surface area contributed by atoms with E-state index >= 15 is 0 Å². The summed E-state index contributed by atoms with van der Waals surface area (Å²) in [7, 11) is 0. The molecule has 4 rings (SSSR count). The zero-order valence-electron chi connectivity index (χ0n) is 14.7. The second-order valence-corrected chi connectivity index (χ2v) is 7.63. The second-order valence-electron chi connectivity index (χ2n) is 5.93. The van der Waals surface area contributed by atoms with Crippen molar-refractivity contribution >= 4 is 45.6 Å². The molecule has 4 aromatic rings. The number of hydrogen-bond donors (Lipinski definition) is 1. The van der Waals surface area contributed by atoms with Gasteiger partial charge in [0, 0.05) is 34.6 Å². The molecule has 0 atom stereocenters. The van der Waals surface area contributed by atoms with Crippen LogP contribution in [0.2, 0.25) is 10.0 Å². The van der Waals surface area contributed by atoms with Crippen molar-refractivity contribution in [2.75, 3.05) is 5.32 Å². The van der Waals surface area contributed by atoms with E-state index in [4.69, 9.17) is 23.2 Å². The summed E-state index contributed by atoms with van der Waals surface area (Å²) >= 11 is 13.3. The van der Waals surface area contributed by atoms with Crippen LogP contribution in [-0.4, -0.2) is 20.4 Å². The van der Waals surface area contributed by atoms with Crippen molar-refractivity contribution < 1.29 is 4.79 Å². The molecule has 3 heterocycles. The van der Waals surface area contributed by atoms with Gasteiger partial charge in [0.1, 0.15) is 11.4 Å². The molecule has 0 saturated heterocycles. The zero-order chi connectivity index (χ0) is 20.4. The van der Waals surface area contributed by atoms with E-state index in [0.29, 0.717) is 37.8 Å². The fourth-order valence-corrected chi connectivity index (χ4v) is 3.64. The van der Waals surface area contributed by atoms with Gasteiger partial charge in [-0.25, -0.2) is 4.98 Å². The molecule has 29 heavy (non-hydrogen) atoms. The average Bonchev–Trinajstić information content (AvgIpc) is 3.17. The number of amides is 1. The van der Waals surface area contributed by atoms with E-state index in [0.717, 1.165) is 0 Å². The number of thiazole rings is 1. The highest BCUT2D eigenvalue weighted by atomic mass is 35.5. The molecule has 144 valence electrons. The summed E-state index contributed by atoms with van der Waals surface area (Å²) in [5.41, 5.74) is 1.77. The quantitative estimate of drug-likeness (QED) is 0.486. The zero-order valence-corrected chi connectivity index (χ0v) is 17.0.